The lowest BCUT2D eigenvalue weighted by Gasteiger charge is -2.49. The summed E-state index contributed by atoms with van der Waals surface area (Å²) in [5.41, 5.74) is -1.66. The van der Waals surface area contributed by atoms with Crippen molar-refractivity contribution in [2.75, 3.05) is 48.3 Å². The summed E-state index contributed by atoms with van der Waals surface area (Å²) in [5.74, 6) is 0.280. The normalized spacial score (nSPS) is 21.0. The number of hydrogen-bond donors (Lipinski definition) is 2. The van der Waals surface area contributed by atoms with E-state index in [1.54, 1.807) is 12.1 Å². The summed E-state index contributed by atoms with van der Waals surface area (Å²) in [4.78, 5) is 35.2. The standard InChI is InChI=1S/C29H32Cl2F4N6O2/c1-16-13-41(17(2)12-40(16)21-5-7-39(8-6-21)14-18-3-4-19(30)9-23(18)32)28-22(31)10-20(11-36-28)38-25-24(26(42)27(25)43)37-15-29(33,34)35/h3-4,9-11,16-17,21,37-38H,5-8,12-15H2,1-2H3/t16-,17+/m1/s1. The lowest BCUT2D eigenvalue weighted by Crippen LogP contribution is -2.61. The number of hydrogen-bond acceptors (Lipinski definition) is 8. The van der Waals surface area contributed by atoms with Gasteiger partial charge < -0.3 is 15.5 Å². The van der Waals surface area contributed by atoms with Crippen molar-refractivity contribution in [2.24, 2.45) is 0 Å². The fraction of sp³-hybridized carbons (Fsp3) is 0.483. The number of nitrogens with zero attached hydrogens (tertiary/aromatic N) is 4. The van der Waals surface area contributed by atoms with Crippen LogP contribution in [0.1, 0.15) is 32.3 Å². The minimum atomic E-state index is -4.54. The van der Waals surface area contributed by atoms with Gasteiger partial charge in [0.2, 0.25) is 0 Å². The van der Waals surface area contributed by atoms with Gasteiger partial charge in [0.15, 0.2) is 0 Å². The Morgan fingerprint density at radius 1 is 1.00 bits per heavy atom. The first kappa shape index (κ1) is 31.5. The number of piperazine rings is 1. The Morgan fingerprint density at radius 3 is 2.35 bits per heavy atom. The van der Waals surface area contributed by atoms with Gasteiger partial charge in [-0.2, -0.15) is 13.2 Å². The molecule has 0 amide bonds. The van der Waals surface area contributed by atoms with Gasteiger partial charge in [0.05, 0.1) is 16.9 Å². The number of likely N-dealkylation sites (tertiary alicyclic amines) is 1. The second kappa shape index (κ2) is 12.6. The zero-order valence-corrected chi connectivity index (χ0v) is 25.2. The smallest absolute Gasteiger partial charge is 0.371 e. The summed E-state index contributed by atoms with van der Waals surface area (Å²) in [6.07, 6.45) is -1.16. The van der Waals surface area contributed by atoms with Gasteiger partial charge in [-0.1, -0.05) is 29.3 Å². The molecular formula is C29H32Cl2F4N6O2. The molecule has 0 unspecified atom stereocenters. The van der Waals surface area contributed by atoms with Crippen LogP contribution in [0.5, 0.6) is 0 Å². The zero-order valence-electron chi connectivity index (χ0n) is 23.6. The third kappa shape index (κ3) is 7.08. The molecule has 2 aromatic carbocycles. The summed E-state index contributed by atoms with van der Waals surface area (Å²) in [5, 5.41) is 5.36. The molecule has 0 bridgehead atoms. The Hall–Kier alpha value is -2.93. The molecule has 1 aromatic heterocycles. The average Bonchev–Trinajstić information content (AvgIpc) is 2.95. The van der Waals surface area contributed by atoms with Crippen LogP contribution in [0.4, 0.5) is 40.4 Å². The molecule has 0 saturated carbocycles. The molecule has 2 saturated heterocycles. The first-order valence-electron chi connectivity index (χ1n) is 14.1. The van der Waals surface area contributed by atoms with E-state index in [1.807, 2.05) is 5.32 Å². The van der Waals surface area contributed by atoms with E-state index in [4.69, 9.17) is 23.2 Å². The Morgan fingerprint density at radius 2 is 1.70 bits per heavy atom. The van der Waals surface area contributed by atoms with Gasteiger partial charge in [-0.25, -0.2) is 9.37 Å². The van der Waals surface area contributed by atoms with E-state index in [9.17, 15) is 27.2 Å². The number of rotatable bonds is 8. The highest BCUT2D eigenvalue weighted by Crippen LogP contribution is 2.33. The molecule has 3 heterocycles. The number of halogens is 6. The topological polar surface area (TPSA) is 80.8 Å². The monoisotopic (exact) mass is 642 g/mol. The largest absolute Gasteiger partial charge is 0.405 e. The molecule has 2 N–H and O–H groups in total. The van der Waals surface area contributed by atoms with Gasteiger partial charge in [0, 0.05) is 48.3 Å². The van der Waals surface area contributed by atoms with E-state index >= 15 is 0 Å². The summed E-state index contributed by atoms with van der Waals surface area (Å²) in [6, 6.07) is 7.05. The van der Waals surface area contributed by atoms with E-state index in [1.165, 1.54) is 18.3 Å². The van der Waals surface area contributed by atoms with Crippen LogP contribution >= 0.6 is 23.2 Å². The molecule has 8 nitrogen and oxygen atoms in total. The maximum absolute atomic E-state index is 14.3. The van der Waals surface area contributed by atoms with Crippen molar-refractivity contribution in [3.63, 3.8) is 0 Å². The fourth-order valence-electron chi connectivity index (χ4n) is 5.98. The molecule has 0 spiro atoms. The summed E-state index contributed by atoms with van der Waals surface area (Å²) < 4.78 is 52.0. The number of alkyl halides is 3. The number of piperidine rings is 1. The maximum Gasteiger partial charge on any atom is 0.405 e. The molecule has 3 aromatic rings. The highest BCUT2D eigenvalue weighted by molar-refractivity contribution is 6.33. The van der Waals surface area contributed by atoms with Crippen LogP contribution in [0.25, 0.3) is 0 Å². The van der Waals surface area contributed by atoms with Crippen LogP contribution in [0, 0.1) is 5.82 Å². The van der Waals surface area contributed by atoms with Gasteiger partial charge >= 0.3 is 6.18 Å². The van der Waals surface area contributed by atoms with Gasteiger partial charge in [-0.3, -0.25) is 19.4 Å². The van der Waals surface area contributed by atoms with Crippen molar-refractivity contribution in [3.05, 3.63) is 72.3 Å². The second-order valence-electron chi connectivity index (χ2n) is 11.3. The molecule has 14 heteroatoms. The summed E-state index contributed by atoms with van der Waals surface area (Å²) >= 11 is 12.5. The van der Waals surface area contributed by atoms with Gasteiger partial charge in [0.1, 0.15) is 29.6 Å². The van der Waals surface area contributed by atoms with Gasteiger partial charge in [0.25, 0.3) is 10.9 Å². The van der Waals surface area contributed by atoms with Crippen molar-refractivity contribution in [1.29, 1.82) is 0 Å². The van der Waals surface area contributed by atoms with Crippen molar-refractivity contribution < 1.29 is 17.6 Å². The molecule has 2 aliphatic rings. The minimum Gasteiger partial charge on any atom is -0.371 e. The molecule has 43 heavy (non-hydrogen) atoms. The van der Waals surface area contributed by atoms with E-state index < -0.39 is 29.3 Å². The fourth-order valence-corrected chi connectivity index (χ4v) is 6.41. The SMILES string of the molecule is C[C@@H]1CN(c2ncc(Nc3c(NCC(F)(F)F)c(=O)c3=O)cc2Cl)[C@@H](C)CN1C1CCN(Cc2ccc(Cl)cc2F)CC1. The highest BCUT2D eigenvalue weighted by atomic mass is 35.5. The molecule has 0 aliphatic carbocycles. The molecule has 0 radical (unpaired) electrons. The van der Waals surface area contributed by atoms with E-state index in [0.717, 1.165) is 32.5 Å². The predicted molar refractivity (Wildman–Crippen MR) is 161 cm³/mol. The first-order valence-corrected chi connectivity index (χ1v) is 14.8. The van der Waals surface area contributed by atoms with Crippen LogP contribution < -0.4 is 26.4 Å². The molecule has 5 rings (SSSR count). The Kier molecular flexibility index (Phi) is 9.22. The number of pyridine rings is 1. The minimum absolute atomic E-state index is 0.0907. The molecular weight excluding hydrogens is 611 g/mol. The van der Waals surface area contributed by atoms with Crippen molar-refractivity contribution in [1.82, 2.24) is 14.8 Å². The lowest BCUT2D eigenvalue weighted by atomic mass is 9.97. The van der Waals surface area contributed by atoms with Crippen LogP contribution in [0.15, 0.2) is 40.1 Å². The Bertz CT molecular complexity index is 1540. The van der Waals surface area contributed by atoms with Gasteiger partial charge in [-0.05, 0) is 58.0 Å². The molecule has 2 atom stereocenters. The molecule has 232 valence electrons. The van der Waals surface area contributed by atoms with Crippen molar-refractivity contribution >= 4 is 46.1 Å². The average molecular weight is 644 g/mol. The van der Waals surface area contributed by atoms with E-state index in [0.29, 0.717) is 40.6 Å². The highest BCUT2D eigenvalue weighted by Gasteiger charge is 2.36. The second-order valence-corrected chi connectivity index (χ2v) is 12.2. The number of nitrogens with one attached hydrogen (secondary N) is 2. The summed E-state index contributed by atoms with van der Waals surface area (Å²) in [7, 11) is 0. The molecule has 2 fully saturated rings. The predicted octanol–water partition coefficient (Wildman–Crippen LogP) is 5.40. The van der Waals surface area contributed by atoms with Crippen LogP contribution in [0.2, 0.25) is 10.0 Å². The zero-order chi connectivity index (χ0) is 31.1. The first-order chi connectivity index (χ1) is 20.3. The number of benzene rings is 1. The van der Waals surface area contributed by atoms with Crippen LogP contribution in [0.3, 0.4) is 0 Å². The van der Waals surface area contributed by atoms with Crippen molar-refractivity contribution in [2.45, 2.75) is 57.5 Å². The quantitative estimate of drug-likeness (QED) is 0.250. The Labute approximate surface area is 256 Å². The van der Waals surface area contributed by atoms with Crippen LogP contribution in [-0.2, 0) is 6.54 Å². The van der Waals surface area contributed by atoms with Crippen LogP contribution in [-0.4, -0.2) is 71.8 Å². The number of aromatic nitrogens is 1. The van der Waals surface area contributed by atoms with E-state index in [-0.39, 0.29) is 29.3 Å². The lowest BCUT2D eigenvalue weighted by molar-refractivity contribution is -0.115. The summed E-state index contributed by atoms with van der Waals surface area (Å²) in [6.45, 7) is 6.60. The number of anilines is 4. The van der Waals surface area contributed by atoms with Gasteiger partial charge in [-0.15, -0.1) is 0 Å². The molecule has 2 aliphatic heterocycles. The van der Waals surface area contributed by atoms with Crippen molar-refractivity contribution in [3.8, 4) is 0 Å². The van der Waals surface area contributed by atoms with E-state index in [2.05, 4.69) is 38.8 Å². The maximum atomic E-state index is 14.3. The third-order valence-electron chi connectivity index (χ3n) is 8.21. The Balaban J connectivity index is 1.18. The third-order valence-corrected chi connectivity index (χ3v) is 8.72.